The van der Waals surface area contributed by atoms with Crippen LogP contribution in [0.2, 0.25) is 5.02 Å². The normalized spacial score (nSPS) is 10.5. The van der Waals surface area contributed by atoms with Crippen molar-refractivity contribution in [1.29, 1.82) is 0 Å². The number of primary amides is 1. The Morgan fingerprint density at radius 3 is 2.68 bits per heavy atom. The van der Waals surface area contributed by atoms with E-state index >= 15 is 0 Å². The quantitative estimate of drug-likeness (QED) is 0.850. The maximum atomic E-state index is 12.0. The van der Waals surface area contributed by atoms with Crippen molar-refractivity contribution in [1.82, 2.24) is 9.97 Å². The second-order valence-corrected chi connectivity index (χ2v) is 4.54. The summed E-state index contributed by atoms with van der Waals surface area (Å²) in [6.07, 6.45) is 2.48. The molecule has 2 heterocycles. The zero-order chi connectivity index (χ0) is 16.1. The number of hydrogen-bond donors (Lipinski definition) is 2. The minimum atomic E-state index is -2.89. The molecule has 0 atom stereocenters. The number of ether oxygens (including phenoxy) is 1. The Morgan fingerprint density at radius 2 is 2.14 bits per heavy atom. The maximum absolute atomic E-state index is 12.0. The lowest BCUT2D eigenvalue weighted by atomic mass is 10.2. The number of hydrogen-bond acceptors (Lipinski definition) is 5. The van der Waals surface area contributed by atoms with E-state index in [0.717, 1.165) is 0 Å². The van der Waals surface area contributed by atoms with Crippen molar-refractivity contribution >= 4 is 23.3 Å². The fraction of sp³-hybridized carbons (Fsp3) is 0.154. The first kappa shape index (κ1) is 15.9. The summed E-state index contributed by atoms with van der Waals surface area (Å²) in [6, 6.07) is 4.30. The number of aromatic nitrogens is 2. The van der Waals surface area contributed by atoms with Gasteiger partial charge in [-0.05, 0) is 18.2 Å². The van der Waals surface area contributed by atoms with Crippen molar-refractivity contribution in [2.45, 2.75) is 13.2 Å². The molecular formula is C13H11ClF2N4O2. The second kappa shape index (κ2) is 6.99. The van der Waals surface area contributed by atoms with Crippen LogP contribution in [0.5, 0.6) is 5.75 Å². The lowest BCUT2D eigenvalue weighted by molar-refractivity contribution is -0.0500. The molecule has 0 aromatic carbocycles. The van der Waals surface area contributed by atoms with Crippen molar-refractivity contribution in [3.63, 3.8) is 0 Å². The van der Waals surface area contributed by atoms with Gasteiger partial charge in [-0.3, -0.25) is 9.78 Å². The minimum absolute atomic E-state index is 0.0271. The first-order valence-corrected chi connectivity index (χ1v) is 6.42. The molecule has 0 saturated heterocycles. The Balaban J connectivity index is 1.99. The van der Waals surface area contributed by atoms with E-state index < -0.39 is 12.5 Å². The first-order chi connectivity index (χ1) is 10.5. The molecule has 1 amide bonds. The third-order valence-electron chi connectivity index (χ3n) is 2.59. The number of pyridine rings is 2. The van der Waals surface area contributed by atoms with Crippen LogP contribution in [0.1, 0.15) is 16.1 Å². The molecule has 116 valence electrons. The number of nitrogens with zero attached hydrogens (tertiary/aromatic N) is 2. The van der Waals surface area contributed by atoms with Crippen molar-refractivity contribution < 1.29 is 18.3 Å². The molecule has 2 rings (SSSR count). The summed E-state index contributed by atoms with van der Waals surface area (Å²) < 4.78 is 28.2. The molecule has 0 aliphatic heterocycles. The van der Waals surface area contributed by atoms with Crippen LogP contribution in [-0.2, 0) is 6.54 Å². The SMILES string of the molecule is NC(=O)c1cnc(NCc2ccc(OC(F)F)cn2)c(Cl)c1. The zero-order valence-electron chi connectivity index (χ0n) is 11.1. The summed E-state index contributed by atoms with van der Waals surface area (Å²) in [5.41, 5.74) is 5.88. The predicted octanol–water partition coefficient (Wildman–Crippen LogP) is 2.44. The van der Waals surface area contributed by atoms with Gasteiger partial charge in [-0.25, -0.2) is 4.98 Å². The van der Waals surface area contributed by atoms with Gasteiger partial charge in [-0.1, -0.05) is 11.6 Å². The van der Waals surface area contributed by atoms with Gasteiger partial charge in [0.15, 0.2) is 0 Å². The standard InChI is InChI=1S/C13H11ClF2N4O2/c14-10-3-7(11(17)21)4-19-12(10)20-5-8-1-2-9(6-18-8)22-13(15)16/h1-4,6,13H,5H2,(H2,17,21)(H,19,20). The second-order valence-electron chi connectivity index (χ2n) is 4.14. The average molecular weight is 329 g/mol. The van der Waals surface area contributed by atoms with Crippen molar-refractivity contribution in [2.24, 2.45) is 5.73 Å². The number of nitrogens with one attached hydrogen (secondary N) is 1. The molecule has 0 aliphatic rings. The molecule has 6 nitrogen and oxygen atoms in total. The van der Waals surface area contributed by atoms with Gasteiger partial charge in [0, 0.05) is 6.20 Å². The van der Waals surface area contributed by atoms with Gasteiger partial charge in [0.1, 0.15) is 11.6 Å². The van der Waals surface area contributed by atoms with Crippen molar-refractivity contribution in [3.05, 3.63) is 46.9 Å². The molecule has 0 saturated carbocycles. The Kier molecular flexibility index (Phi) is 5.05. The number of halogens is 3. The molecule has 3 N–H and O–H groups in total. The first-order valence-electron chi connectivity index (χ1n) is 6.04. The summed E-state index contributed by atoms with van der Waals surface area (Å²) in [5.74, 6) is -0.306. The Morgan fingerprint density at radius 1 is 1.36 bits per heavy atom. The van der Waals surface area contributed by atoms with Gasteiger partial charge in [-0.15, -0.1) is 0 Å². The van der Waals surface area contributed by atoms with Gasteiger partial charge in [0.05, 0.1) is 29.0 Å². The number of anilines is 1. The summed E-state index contributed by atoms with van der Waals surface area (Å²) in [5, 5.41) is 3.14. The van der Waals surface area contributed by atoms with E-state index in [9.17, 15) is 13.6 Å². The van der Waals surface area contributed by atoms with E-state index in [4.69, 9.17) is 17.3 Å². The van der Waals surface area contributed by atoms with Gasteiger partial charge < -0.3 is 15.8 Å². The van der Waals surface area contributed by atoms with E-state index in [2.05, 4.69) is 20.0 Å². The lowest BCUT2D eigenvalue weighted by Gasteiger charge is -2.08. The Labute approximate surface area is 129 Å². The molecule has 9 heteroatoms. The third kappa shape index (κ3) is 4.26. The predicted molar refractivity (Wildman–Crippen MR) is 76.0 cm³/mol. The zero-order valence-corrected chi connectivity index (χ0v) is 11.8. The van der Waals surface area contributed by atoms with Crippen molar-refractivity contribution in [3.8, 4) is 5.75 Å². The molecule has 0 fully saturated rings. The molecule has 22 heavy (non-hydrogen) atoms. The fourth-order valence-electron chi connectivity index (χ4n) is 1.57. The van der Waals surface area contributed by atoms with Crippen LogP contribution in [0.3, 0.4) is 0 Å². The maximum Gasteiger partial charge on any atom is 0.387 e. The third-order valence-corrected chi connectivity index (χ3v) is 2.87. The molecule has 2 aromatic rings. The monoisotopic (exact) mass is 328 g/mol. The molecule has 0 unspecified atom stereocenters. The van der Waals surface area contributed by atoms with Gasteiger partial charge >= 0.3 is 6.61 Å². The van der Waals surface area contributed by atoms with Gasteiger partial charge in [-0.2, -0.15) is 8.78 Å². The fourth-order valence-corrected chi connectivity index (χ4v) is 1.80. The topological polar surface area (TPSA) is 90.1 Å². The van der Waals surface area contributed by atoms with E-state index in [1.165, 1.54) is 30.6 Å². The van der Waals surface area contributed by atoms with E-state index in [1.54, 1.807) is 0 Å². The van der Waals surface area contributed by atoms with Crippen LogP contribution in [0, 0.1) is 0 Å². The summed E-state index contributed by atoms with van der Waals surface area (Å²) >= 11 is 5.97. The van der Waals surface area contributed by atoms with Crippen LogP contribution in [0.4, 0.5) is 14.6 Å². The number of alkyl halides is 2. The number of nitrogens with two attached hydrogens (primary N) is 1. The number of amides is 1. The number of carbonyl (C=O) groups excluding carboxylic acids is 1. The highest BCUT2D eigenvalue weighted by atomic mass is 35.5. The van der Waals surface area contributed by atoms with E-state index in [0.29, 0.717) is 11.5 Å². The molecule has 2 aromatic heterocycles. The number of rotatable bonds is 6. The smallest absolute Gasteiger partial charge is 0.387 e. The molecule has 0 spiro atoms. The van der Waals surface area contributed by atoms with Crippen LogP contribution >= 0.6 is 11.6 Å². The molecule has 0 bridgehead atoms. The largest absolute Gasteiger partial charge is 0.433 e. The summed E-state index contributed by atoms with van der Waals surface area (Å²) in [6.45, 7) is -2.63. The lowest BCUT2D eigenvalue weighted by Crippen LogP contribution is -2.12. The Hall–Kier alpha value is -2.48. The molecular weight excluding hydrogens is 318 g/mol. The highest BCUT2D eigenvalue weighted by molar-refractivity contribution is 6.33. The van der Waals surface area contributed by atoms with Gasteiger partial charge in [0.2, 0.25) is 5.91 Å². The molecule has 0 radical (unpaired) electrons. The van der Waals surface area contributed by atoms with Crippen LogP contribution in [0.15, 0.2) is 30.6 Å². The Bertz CT molecular complexity index is 668. The van der Waals surface area contributed by atoms with E-state index in [1.807, 2.05) is 0 Å². The minimum Gasteiger partial charge on any atom is -0.433 e. The summed E-state index contributed by atoms with van der Waals surface area (Å²) in [4.78, 5) is 18.9. The van der Waals surface area contributed by atoms with Crippen molar-refractivity contribution in [2.75, 3.05) is 5.32 Å². The number of carbonyl (C=O) groups is 1. The highest BCUT2D eigenvalue weighted by Crippen LogP contribution is 2.20. The summed E-state index contributed by atoms with van der Waals surface area (Å²) in [7, 11) is 0. The van der Waals surface area contributed by atoms with Crippen LogP contribution < -0.4 is 15.8 Å². The molecule has 0 aliphatic carbocycles. The highest BCUT2D eigenvalue weighted by Gasteiger charge is 2.08. The van der Waals surface area contributed by atoms with Gasteiger partial charge in [0.25, 0.3) is 0 Å². The van der Waals surface area contributed by atoms with E-state index in [-0.39, 0.29) is 22.9 Å². The van der Waals surface area contributed by atoms with Crippen LogP contribution in [0.25, 0.3) is 0 Å². The average Bonchev–Trinajstić information content (AvgIpc) is 2.46. The van der Waals surface area contributed by atoms with Crippen LogP contribution in [-0.4, -0.2) is 22.5 Å².